The Morgan fingerprint density at radius 1 is 0.962 bits per heavy atom. The monoisotopic (exact) mass is 369 g/mol. The zero-order valence-electron chi connectivity index (χ0n) is 14.4. The number of fused-ring (bicyclic) bond motifs is 1. The van der Waals surface area contributed by atoms with E-state index >= 15 is 0 Å². The molecule has 6 nitrogen and oxygen atoms in total. The third kappa shape index (κ3) is 3.41. The third-order valence-electron chi connectivity index (χ3n) is 3.71. The summed E-state index contributed by atoms with van der Waals surface area (Å²) in [5.41, 5.74) is 0.780. The number of nitro benzene ring substituents is 1. The van der Waals surface area contributed by atoms with E-state index in [1.807, 2.05) is 6.07 Å². The predicted octanol–water partition coefficient (Wildman–Crippen LogP) is 4.24. The van der Waals surface area contributed by atoms with E-state index < -0.39 is 4.92 Å². The van der Waals surface area contributed by atoms with Crippen molar-refractivity contribution in [1.82, 2.24) is 0 Å². The molecular formula is C19H15NO5S. The molecule has 7 heteroatoms. The normalized spacial score (nSPS) is 10.1. The van der Waals surface area contributed by atoms with Crippen LogP contribution in [0.3, 0.4) is 0 Å². The molecule has 0 atom stereocenters. The Labute approximate surface area is 154 Å². The molecule has 3 aromatic rings. The maximum absolute atomic E-state index is 10.9. The lowest BCUT2D eigenvalue weighted by Crippen LogP contribution is -1.95. The summed E-state index contributed by atoms with van der Waals surface area (Å²) >= 11 is 1.48. The molecule has 0 saturated heterocycles. The van der Waals surface area contributed by atoms with E-state index in [2.05, 4.69) is 11.8 Å². The van der Waals surface area contributed by atoms with E-state index in [4.69, 9.17) is 14.2 Å². The van der Waals surface area contributed by atoms with Gasteiger partial charge in [0.1, 0.15) is 0 Å². The van der Waals surface area contributed by atoms with Crippen LogP contribution in [-0.4, -0.2) is 26.3 Å². The first kappa shape index (κ1) is 17.6. The Morgan fingerprint density at radius 2 is 1.65 bits per heavy atom. The number of methoxy groups -OCH3 is 3. The van der Waals surface area contributed by atoms with Crippen LogP contribution in [-0.2, 0) is 0 Å². The number of rotatable bonds is 4. The summed E-state index contributed by atoms with van der Waals surface area (Å²) in [6.07, 6.45) is 0. The molecule has 0 N–H and O–H groups in total. The minimum atomic E-state index is -0.404. The summed E-state index contributed by atoms with van der Waals surface area (Å²) in [5, 5.41) is 11.7. The van der Waals surface area contributed by atoms with Gasteiger partial charge in [-0.05, 0) is 24.3 Å². The SMILES string of the molecule is COc1cc(C#Cc2cc3cc([N+](=O)[O-])ccc3s2)cc(OC)c1OC. The van der Waals surface area contributed by atoms with Gasteiger partial charge in [0.05, 0.1) is 31.1 Å². The zero-order valence-corrected chi connectivity index (χ0v) is 15.2. The van der Waals surface area contributed by atoms with Crippen molar-refractivity contribution in [2.45, 2.75) is 0 Å². The fraction of sp³-hybridized carbons (Fsp3) is 0.158. The van der Waals surface area contributed by atoms with Gasteiger partial charge in [0.2, 0.25) is 5.75 Å². The zero-order chi connectivity index (χ0) is 18.7. The Kier molecular flexibility index (Phi) is 4.96. The van der Waals surface area contributed by atoms with Gasteiger partial charge < -0.3 is 14.2 Å². The highest BCUT2D eigenvalue weighted by Gasteiger charge is 2.12. The largest absolute Gasteiger partial charge is 0.493 e. The molecule has 1 heterocycles. The lowest BCUT2D eigenvalue weighted by Gasteiger charge is -2.12. The van der Waals surface area contributed by atoms with Crippen molar-refractivity contribution in [2.24, 2.45) is 0 Å². The lowest BCUT2D eigenvalue weighted by molar-refractivity contribution is -0.384. The number of hydrogen-bond donors (Lipinski definition) is 0. The second-order valence-corrected chi connectivity index (χ2v) is 6.34. The minimum Gasteiger partial charge on any atom is -0.493 e. The molecule has 0 aliphatic carbocycles. The highest BCUT2D eigenvalue weighted by atomic mass is 32.1. The molecule has 0 saturated carbocycles. The summed E-state index contributed by atoms with van der Waals surface area (Å²) in [4.78, 5) is 11.3. The number of nitro groups is 1. The van der Waals surface area contributed by atoms with Crippen LogP contribution < -0.4 is 14.2 Å². The van der Waals surface area contributed by atoms with Gasteiger partial charge in [-0.15, -0.1) is 11.3 Å². The van der Waals surface area contributed by atoms with Crippen molar-refractivity contribution in [2.75, 3.05) is 21.3 Å². The smallest absolute Gasteiger partial charge is 0.270 e. The Morgan fingerprint density at radius 3 is 2.23 bits per heavy atom. The van der Waals surface area contributed by atoms with Crippen molar-refractivity contribution in [1.29, 1.82) is 0 Å². The molecule has 0 bridgehead atoms. The summed E-state index contributed by atoms with van der Waals surface area (Å²) in [7, 11) is 4.64. The van der Waals surface area contributed by atoms with Crippen molar-refractivity contribution in [3.05, 3.63) is 57.0 Å². The van der Waals surface area contributed by atoms with Crippen LogP contribution in [0.25, 0.3) is 10.1 Å². The van der Waals surface area contributed by atoms with Crippen LogP contribution in [0.1, 0.15) is 10.4 Å². The third-order valence-corrected chi connectivity index (χ3v) is 4.74. The second-order valence-electron chi connectivity index (χ2n) is 5.25. The van der Waals surface area contributed by atoms with Gasteiger partial charge in [0.15, 0.2) is 11.5 Å². The van der Waals surface area contributed by atoms with E-state index in [0.29, 0.717) is 22.8 Å². The molecule has 0 aliphatic rings. The molecule has 3 rings (SSSR count). The fourth-order valence-corrected chi connectivity index (χ4v) is 3.39. The number of thiophene rings is 1. The first-order chi connectivity index (χ1) is 12.5. The molecule has 2 aromatic carbocycles. The van der Waals surface area contributed by atoms with E-state index in [1.165, 1.54) is 17.4 Å². The van der Waals surface area contributed by atoms with Crippen molar-refractivity contribution >= 4 is 27.1 Å². The van der Waals surface area contributed by atoms with Gasteiger partial charge in [-0.2, -0.15) is 0 Å². The summed E-state index contributed by atoms with van der Waals surface area (Å²) in [6, 6.07) is 10.2. The fourth-order valence-electron chi connectivity index (χ4n) is 2.49. The van der Waals surface area contributed by atoms with Crippen molar-refractivity contribution in [3.8, 4) is 29.1 Å². The van der Waals surface area contributed by atoms with Crippen molar-refractivity contribution < 1.29 is 19.1 Å². The number of hydrogen-bond acceptors (Lipinski definition) is 6. The van der Waals surface area contributed by atoms with Crippen LogP contribution in [0, 0.1) is 22.0 Å². The highest BCUT2D eigenvalue weighted by Crippen LogP contribution is 2.38. The average Bonchev–Trinajstić information content (AvgIpc) is 3.07. The molecule has 0 radical (unpaired) electrons. The predicted molar refractivity (Wildman–Crippen MR) is 101 cm³/mol. The second kappa shape index (κ2) is 7.33. The van der Waals surface area contributed by atoms with Crippen LogP contribution in [0.5, 0.6) is 17.2 Å². The molecule has 0 fully saturated rings. The quantitative estimate of drug-likeness (QED) is 0.391. The van der Waals surface area contributed by atoms with E-state index in [0.717, 1.165) is 15.0 Å². The van der Waals surface area contributed by atoms with E-state index in [9.17, 15) is 10.1 Å². The first-order valence-electron chi connectivity index (χ1n) is 7.55. The van der Waals surface area contributed by atoms with Crippen LogP contribution in [0.4, 0.5) is 5.69 Å². The van der Waals surface area contributed by atoms with Gasteiger partial charge in [0.25, 0.3) is 5.69 Å². The number of nitrogens with zero attached hydrogens (tertiary/aromatic N) is 1. The number of ether oxygens (including phenoxy) is 3. The van der Waals surface area contributed by atoms with Gasteiger partial charge >= 0.3 is 0 Å². The van der Waals surface area contributed by atoms with Crippen LogP contribution >= 0.6 is 11.3 Å². The summed E-state index contributed by atoms with van der Waals surface area (Å²) in [5.74, 6) is 7.73. The molecule has 0 amide bonds. The molecule has 1 aromatic heterocycles. The highest BCUT2D eigenvalue weighted by molar-refractivity contribution is 7.19. The first-order valence-corrected chi connectivity index (χ1v) is 8.37. The maximum Gasteiger partial charge on any atom is 0.270 e. The molecule has 0 spiro atoms. The van der Waals surface area contributed by atoms with Gasteiger partial charge in [-0.1, -0.05) is 11.8 Å². The molecule has 0 unspecified atom stereocenters. The van der Waals surface area contributed by atoms with Gasteiger partial charge in [0, 0.05) is 27.8 Å². The number of non-ortho nitro benzene ring substituents is 1. The molecular weight excluding hydrogens is 354 g/mol. The average molecular weight is 369 g/mol. The molecule has 26 heavy (non-hydrogen) atoms. The number of benzene rings is 2. The topological polar surface area (TPSA) is 70.8 Å². The Hall–Kier alpha value is -3.24. The van der Waals surface area contributed by atoms with Gasteiger partial charge in [-0.25, -0.2) is 0 Å². The lowest BCUT2D eigenvalue weighted by atomic mass is 10.1. The van der Waals surface area contributed by atoms with E-state index in [-0.39, 0.29) is 5.69 Å². The molecule has 132 valence electrons. The van der Waals surface area contributed by atoms with Gasteiger partial charge in [-0.3, -0.25) is 10.1 Å². The van der Waals surface area contributed by atoms with E-state index in [1.54, 1.807) is 45.6 Å². The Bertz CT molecular complexity index is 1020. The minimum absolute atomic E-state index is 0.0689. The van der Waals surface area contributed by atoms with Crippen molar-refractivity contribution in [3.63, 3.8) is 0 Å². The summed E-state index contributed by atoms with van der Waals surface area (Å²) in [6.45, 7) is 0. The summed E-state index contributed by atoms with van der Waals surface area (Å²) < 4.78 is 16.9. The van der Waals surface area contributed by atoms with Crippen LogP contribution in [0.15, 0.2) is 36.4 Å². The molecule has 0 aliphatic heterocycles. The standard InChI is InChI=1S/C19H15NO5S/c1-23-16-8-12(9-17(24-2)19(16)25-3)4-6-15-11-13-10-14(20(21)22)5-7-18(13)26-15/h5,7-11H,1-3H3. The maximum atomic E-state index is 10.9. The van der Waals surface area contributed by atoms with Crippen LogP contribution in [0.2, 0.25) is 0 Å². The Balaban J connectivity index is 1.98.